The van der Waals surface area contributed by atoms with Crippen LogP contribution in [0.25, 0.3) is 0 Å². The number of hydrogen-bond donors (Lipinski definition) is 1. The quantitative estimate of drug-likeness (QED) is 0.775. The van der Waals surface area contributed by atoms with Gasteiger partial charge in [0.25, 0.3) is 0 Å². The van der Waals surface area contributed by atoms with E-state index in [0.29, 0.717) is 6.54 Å². The zero-order chi connectivity index (χ0) is 11.2. The molecule has 78 valence electrons. The third kappa shape index (κ3) is 2.44. The molecule has 0 aromatic heterocycles. The lowest BCUT2D eigenvalue weighted by molar-refractivity contribution is 1.05. The first-order valence-corrected chi connectivity index (χ1v) is 4.97. The summed E-state index contributed by atoms with van der Waals surface area (Å²) in [6.07, 6.45) is 0. The second-order valence-corrected chi connectivity index (χ2v) is 3.22. The summed E-state index contributed by atoms with van der Waals surface area (Å²) in [5.74, 6) is 0. The molecule has 3 heteroatoms. The lowest BCUT2D eigenvalue weighted by atomic mass is 10.2. The number of nitrogens with zero attached hydrogens (tertiary/aromatic N) is 2. The Labute approximate surface area is 94.6 Å². The molecule has 2 aromatic rings. The van der Waals surface area contributed by atoms with Crippen LogP contribution in [0.5, 0.6) is 0 Å². The molecule has 0 saturated carbocycles. The van der Waals surface area contributed by atoms with Crippen LogP contribution in [-0.2, 0) is 6.54 Å². The van der Waals surface area contributed by atoms with E-state index in [2.05, 4.69) is 22.4 Å². The molecule has 0 unspecified atom stereocenters. The topological polar surface area (TPSA) is 50.7 Å². The predicted molar refractivity (Wildman–Crippen MR) is 62.6 cm³/mol. The van der Waals surface area contributed by atoms with Crippen molar-refractivity contribution in [3.8, 4) is 0 Å². The maximum Gasteiger partial charge on any atom is 0.0946 e. The summed E-state index contributed by atoms with van der Waals surface area (Å²) in [6, 6.07) is 18.6. The van der Waals surface area contributed by atoms with Gasteiger partial charge in [-0.15, -0.1) is 5.11 Å². The van der Waals surface area contributed by atoms with E-state index < -0.39 is 0 Å². The first-order valence-electron chi connectivity index (χ1n) is 4.97. The van der Waals surface area contributed by atoms with Crippen LogP contribution in [0.2, 0.25) is 0 Å². The zero-order valence-corrected chi connectivity index (χ0v) is 8.72. The van der Waals surface area contributed by atoms with Gasteiger partial charge in [0.1, 0.15) is 0 Å². The molecule has 0 radical (unpaired) electrons. The Hall–Kier alpha value is -2.18. The van der Waals surface area contributed by atoms with Crippen LogP contribution in [-0.4, -0.2) is 0 Å². The molecule has 2 aromatic carbocycles. The second kappa shape index (κ2) is 5.06. The molecule has 0 bridgehead atoms. The molecule has 16 heavy (non-hydrogen) atoms. The summed E-state index contributed by atoms with van der Waals surface area (Å²) in [5, 5.41) is 8.26. The van der Waals surface area contributed by atoms with Crippen molar-refractivity contribution < 1.29 is 0 Å². The van der Waals surface area contributed by atoms with E-state index in [4.69, 9.17) is 5.73 Å². The molecule has 0 aliphatic rings. The Morgan fingerprint density at radius 2 is 1.94 bits per heavy atom. The summed E-state index contributed by atoms with van der Waals surface area (Å²) in [7, 11) is 0. The molecule has 0 saturated heterocycles. The summed E-state index contributed by atoms with van der Waals surface area (Å²) in [4.78, 5) is 0. The SMILES string of the molecule is NCc1ccccc1/N=N/c1cc#ccc1. The molecule has 0 aliphatic heterocycles. The van der Waals surface area contributed by atoms with E-state index in [1.807, 2.05) is 30.3 Å². The van der Waals surface area contributed by atoms with Gasteiger partial charge in [0.05, 0.1) is 11.4 Å². The highest BCUT2D eigenvalue weighted by Crippen LogP contribution is 2.20. The molecular formula is C13H11N3. The normalized spacial score (nSPS) is 10.3. The van der Waals surface area contributed by atoms with E-state index in [1.54, 1.807) is 12.1 Å². The minimum atomic E-state index is 0.462. The molecule has 0 atom stereocenters. The third-order valence-electron chi connectivity index (χ3n) is 2.13. The maximum atomic E-state index is 5.61. The molecule has 2 N–H and O–H groups in total. The van der Waals surface area contributed by atoms with Crippen molar-refractivity contribution in [1.29, 1.82) is 0 Å². The first kappa shape index (κ1) is 10.3. The minimum absolute atomic E-state index is 0.462. The van der Waals surface area contributed by atoms with Gasteiger partial charge in [-0.3, -0.25) is 0 Å². The largest absolute Gasteiger partial charge is 0.326 e. The van der Waals surface area contributed by atoms with Gasteiger partial charge >= 0.3 is 0 Å². The second-order valence-electron chi connectivity index (χ2n) is 3.22. The fourth-order valence-electron chi connectivity index (χ4n) is 1.29. The first-order chi connectivity index (χ1) is 7.90. The van der Waals surface area contributed by atoms with Crippen molar-refractivity contribution >= 4 is 11.4 Å². The van der Waals surface area contributed by atoms with Crippen LogP contribution in [0, 0.1) is 12.1 Å². The van der Waals surface area contributed by atoms with Crippen LogP contribution < -0.4 is 5.73 Å². The highest BCUT2D eigenvalue weighted by molar-refractivity contribution is 5.46. The lowest BCUT2D eigenvalue weighted by Crippen LogP contribution is -1.95. The molecule has 0 heterocycles. The monoisotopic (exact) mass is 209 g/mol. The number of benzene rings is 1. The van der Waals surface area contributed by atoms with Crippen LogP contribution in [0.4, 0.5) is 11.4 Å². The standard InChI is InChI=1S/C13H11N3/c14-10-11-6-4-5-9-13(11)16-15-12-7-2-1-3-8-12/h2,4-9H,10,14H2/b16-15+. The van der Waals surface area contributed by atoms with Crippen LogP contribution in [0.3, 0.4) is 0 Å². The van der Waals surface area contributed by atoms with Gasteiger partial charge in [0.15, 0.2) is 0 Å². The van der Waals surface area contributed by atoms with E-state index in [0.717, 1.165) is 16.9 Å². The average Bonchev–Trinajstić information content (AvgIpc) is 2.38. The highest BCUT2D eigenvalue weighted by atomic mass is 15.1. The van der Waals surface area contributed by atoms with Crippen molar-refractivity contribution in [1.82, 2.24) is 0 Å². The molecule has 0 spiro atoms. The number of azo groups is 1. The fourth-order valence-corrected chi connectivity index (χ4v) is 1.29. The van der Waals surface area contributed by atoms with Crippen LogP contribution in [0.1, 0.15) is 5.56 Å². The smallest absolute Gasteiger partial charge is 0.0946 e. The predicted octanol–water partition coefficient (Wildman–Crippen LogP) is 3.16. The van der Waals surface area contributed by atoms with Crippen LogP contribution >= 0.6 is 0 Å². The average molecular weight is 209 g/mol. The van der Waals surface area contributed by atoms with Crippen molar-refractivity contribution in [2.45, 2.75) is 6.54 Å². The lowest BCUT2D eigenvalue weighted by Gasteiger charge is -1.99. The Bertz CT molecular complexity index is 478. The third-order valence-corrected chi connectivity index (χ3v) is 2.13. The van der Waals surface area contributed by atoms with E-state index in [9.17, 15) is 0 Å². The van der Waals surface area contributed by atoms with Crippen molar-refractivity contribution in [2.24, 2.45) is 16.0 Å². The minimum Gasteiger partial charge on any atom is -0.326 e. The molecule has 2 rings (SSSR count). The molecule has 0 amide bonds. The van der Waals surface area contributed by atoms with Gasteiger partial charge in [0, 0.05) is 12.6 Å². The highest BCUT2D eigenvalue weighted by Gasteiger charge is 1.96. The van der Waals surface area contributed by atoms with Gasteiger partial charge in [-0.05, 0) is 23.8 Å². The fraction of sp³-hybridized carbons (Fsp3) is 0.0769. The molecule has 0 aliphatic carbocycles. The summed E-state index contributed by atoms with van der Waals surface area (Å²) >= 11 is 0. The Balaban J connectivity index is 2.24. The molecular weight excluding hydrogens is 198 g/mol. The van der Waals surface area contributed by atoms with Gasteiger partial charge < -0.3 is 5.73 Å². The van der Waals surface area contributed by atoms with E-state index in [-0.39, 0.29) is 0 Å². The van der Waals surface area contributed by atoms with E-state index >= 15 is 0 Å². The number of rotatable bonds is 3. The van der Waals surface area contributed by atoms with E-state index in [1.165, 1.54) is 0 Å². The summed E-state index contributed by atoms with van der Waals surface area (Å²) in [5.41, 5.74) is 8.15. The number of hydrogen-bond acceptors (Lipinski definition) is 3. The Morgan fingerprint density at radius 3 is 2.69 bits per heavy atom. The van der Waals surface area contributed by atoms with Gasteiger partial charge in [-0.1, -0.05) is 30.3 Å². The number of nitrogens with two attached hydrogens (primary N) is 1. The zero-order valence-electron chi connectivity index (χ0n) is 8.72. The van der Waals surface area contributed by atoms with Crippen molar-refractivity contribution in [3.63, 3.8) is 0 Å². The maximum absolute atomic E-state index is 5.61. The van der Waals surface area contributed by atoms with Crippen molar-refractivity contribution in [2.75, 3.05) is 0 Å². The van der Waals surface area contributed by atoms with Gasteiger partial charge in [-0.25, -0.2) is 0 Å². The Morgan fingerprint density at radius 1 is 1.06 bits per heavy atom. The van der Waals surface area contributed by atoms with Crippen LogP contribution in [0.15, 0.2) is 52.7 Å². The van der Waals surface area contributed by atoms with Crippen molar-refractivity contribution in [3.05, 3.63) is 60.2 Å². The van der Waals surface area contributed by atoms with Gasteiger partial charge in [0.2, 0.25) is 0 Å². The Kier molecular flexibility index (Phi) is 3.27. The van der Waals surface area contributed by atoms with Gasteiger partial charge in [-0.2, -0.15) is 5.11 Å². The summed E-state index contributed by atoms with van der Waals surface area (Å²) in [6.45, 7) is 0.462. The molecule has 0 fully saturated rings. The summed E-state index contributed by atoms with van der Waals surface area (Å²) < 4.78 is 0. The molecule has 3 nitrogen and oxygen atoms in total.